The lowest BCUT2D eigenvalue weighted by Crippen LogP contribution is -2.43. The third-order valence-corrected chi connectivity index (χ3v) is 4.37. The number of nitro groups is 1. The fraction of sp³-hybridized carbons (Fsp3) is 0.222. The second-order valence-corrected chi connectivity index (χ2v) is 6.47. The Bertz CT molecular complexity index is 899. The fourth-order valence-corrected chi connectivity index (χ4v) is 3.03. The third kappa shape index (κ3) is 5.11. The number of phenols is 1. The number of ether oxygens (including phenoxy) is 1. The van der Waals surface area contributed by atoms with E-state index in [2.05, 4.69) is 5.32 Å². The van der Waals surface area contributed by atoms with Crippen molar-refractivity contribution in [2.75, 3.05) is 6.61 Å². The Morgan fingerprint density at radius 1 is 1.25 bits per heavy atom. The Labute approximate surface area is 170 Å². The Morgan fingerprint density at radius 2 is 1.89 bits per heavy atom. The van der Waals surface area contributed by atoms with Gasteiger partial charge in [-0.1, -0.05) is 35.3 Å². The lowest BCUT2D eigenvalue weighted by Gasteiger charge is -2.18. The maximum Gasteiger partial charge on any atom is 0.328 e. The maximum absolute atomic E-state index is 12.6. The number of phenolic OH excluding ortho intramolecular Hbond substituents is 1. The van der Waals surface area contributed by atoms with Crippen molar-refractivity contribution >= 4 is 40.8 Å². The van der Waals surface area contributed by atoms with Crippen molar-refractivity contribution in [3.05, 3.63) is 67.7 Å². The zero-order valence-electron chi connectivity index (χ0n) is 14.6. The fourth-order valence-electron chi connectivity index (χ4n) is 2.46. The molecule has 148 valence electrons. The van der Waals surface area contributed by atoms with Crippen LogP contribution in [0, 0.1) is 10.1 Å². The van der Waals surface area contributed by atoms with Crippen molar-refractivity contribution in [3.8, 4) is 5.75 Å². The quantitative estimate of drug-likeness (QED) is 0.397. The predicted octanol–water partition coefficient (Wildman–Crippen LogP) is 3.51. The molecule has 8 nitrogen and oxygen atoms in total. The molecule has 0 unspecified atom stereocenters. The first-order valence-corrected chi connectivity index (χ1v) is 8.88. The molecule has 2 aromatic rings. The van der Waals surface area contributed by atoms with Gasteiger partial charge in [-0.3, -0.25) is 14.9 Å². The van der Waals surface area contributed by atoms with Crippen LogP contribution in [-0.2, 0) is 16.0 Å². The van der Waals surface area contributed by atoms with Gasteiger partial charge in [0.1, 0.15) is 6.04 Å². The van der Waals surface area contributed by atoms with E-state index in [1.54, 1.807) is 13.0 Å². The van der Waals surface area contributed by atoms with Gasteiger partial charge in [-0.05, 0) is 30.7 Å². The Balaban J connectivity index is 2.30. The van der Waals surface area contributed by atoms with Gasteiger partial charge in [0.2, 0.25) is 0 Å². The van der Waals surface area contributed by atoms with Crippen LogP contribution in [0.2, 0.25) is 10.0 Å². The van der Waals surface area contributed by atoms with Crippen LogP contribution in [0.25, 0.3) is 0 Å². The first-order valence-electron chi connectivity index (χ1n) is 8.12. The normalized spacial score (nSPS) is 11.5. The summed E-state index contributed by atoms with van der Waals surface area (Å²) in [6.45, 7) is 1.68. The van der Waals surface area contributed by atoms with Crippen LogP contribution >= 0.6 is 23.2 Å². The van der Waals surface area contributed by atoms with Crippen LogP contribution in [0.15, 0.2) is 36.4 Å². The number of hydrogen-bond donors (Lipinski definition) is 2. The first-order chi connectivity index (χ1) is 13.2. The molecule has 10 heteroatoms. The van der Waals surface area contributed by atoms with Crippen LogP contribution in [0.5, 0.6) is 5.75 Å². The van der Waals surface area contributed by atoms with Gasteiger partial charge < -0.3 is 15.2 Å². The smallest absolute Gasteiger partial charge is 0.328 e. The standard InChI is InChI=1S/C18H16Cl2N2O6/c1-2-28-18(25)13(8-10-6-7-15(23)14(9-10)22(26)27)21-17(24)16-11(19)4-3-5-12(16)20/h3-7,9,13,23H,2,8H2,1H3,(H,21,24)/t13-/m0/s1. The summed E-state index contributed by atoms with van der Waals surface area (Å²) >= 11 is 12.0. The predicted molar refractivity (Wildman–Crippen MR) is 103 cm³/mol. The van der Waals surface area contributed by atoms with Crippen LogP contribution in [0.4, 0.5) is 5.69 Å². The zero-order chi connectivity index (χ0) is 20.8. The number of nitro benzene ring substituents is 1. The van der Waals surface area contributed by atoms with Crippen molar-refractivity contribution in [2.24, 2.45) is 0 Å². The average molecular weight is 427 g/mol. The lowest BCUT2D eigenvalue weighted by molar-refractivity contribution is -0.385. The van der Waals surface area contributed by atoms with E-state index >= 15 is 0 Å². The molecule has 0 aliphatic carbocycles. The monoisotopic (exact) mass is 426 g/mol. The van der Waals surface area contributed by atoms with Crippen molar-refractivity contribution in [1.82, 2.24) is 5.32 Å². The van der Waals surface area contributed by atoms with E-state index in [4.69, 9.17) is 27.9 Å². The number of halogens is 2. The van der Waals surface area contributed by atoms with E-state index in [0.29, 0.717) is 5.56 Å². The molecule has 0 spiro atoms. The highest BCUT2D eigenvalue weighted by atomic mass is 35.5. The van der Waals surface area contributed by atoms with Gasteiger partial charge in [-0.15, -0.1) is 0 Å². The van der Waals surface area contributed by atoms with Gasteiger partial charge in [-0.25, -0.2) is 4.79 Å². The number of esters is 1. The highest BCUT2D eigenvalue weighted by molar-refractivity contribution is 6.39. The second-order valence-electron chi connectivity index (χ2n) is 5.66. The van der Waals surface area contributed by atoms with Gasteiger partial charge in [-0.2, -0.15) is 0 Å². The van der Waals surface area contributed by atoms with Crippen LogP contribution in [0.1, 0.15) is 22.8 Å². The molecular weight excluding hydrogens is 411 g/mol. The van der Waals surface area contributed by atoms with Crippen molar-refractivity contribution in [2.45, 2.75) is 19.4 Å². The van der Waals surface area contributed by atoms with Gasteiger partial charge in [0.15, 0.2) is 5.75 Å². The summed E-state index contributed by atoms with van der Waals surface area (Å²) in [5.41, 5.74) is -0.175. The molecule has 0 bridgehead atoms. The second kappa shape index (κ2) is 9.38. The van der Waals surface area contributed by atoms with E-state index < -0.39 is 34.3 Å². The summed E-state index contributed by atoms with van der Waals surface area (Å²) in [4.78, 5) is 35.1. The first kappa shape index (κ1) is 21.5. The minimum Gasteiger partial charge on any atom is -0.502 e. The summed E-state index contributed by atoms with van der Waals surface area (Å²) in [7, 11) is 0. The highest BCUT2D eigenvalue weighted by Crippen LogP contribution is 2.27. The number of benzene rings is 2. The van der Waals surface area contributed by atoms with Crippen molar-refractivity contribution in [1.29, 1.82) is 0 Å². The number of rotatable bonds is 7. The van der Waals surface area contributed by atoms with Gasteiger partial charge in [0.25, 0.3) is 5.91 Å². The lowest BCUT2D eigenvalue weighted by atomic mass is 10.0. The molecule has 0 aliphatic rings. The van der Waals surface area contributed by atoms with E-state index in [1.807, 2.05) is 0 Å². The number of amides is 1. The largest absolute Gasteiger partial charge is 0.502 e. The number of carbonyl (C=O) groups excluding carboxylic acids is 2. The zero-order valence-corrected chi connectivity index (χ0v) is 16.2. The molecule has 1 amide bonds. The maximum atomic E-state index is 12.6. The van der Waals surface area contributed by atoms with E-state index in [0.717, 1.165) is 12.1 Å². The number of nitrogens with zero attached hydrogens (tertiary/aromatic N) is 1. The number of aromatic hydroxyl groups is 1. The van der Waals surface area contributed by atoms with E-state index in [1.165, 1.54) is 18.2 Å². The number of hydrogen-bond acceptors (Lipinski definition) is 6. The van der Waals surface area contributed by atoms with Gasteiger partial charge in [0, 0.05) is 12.5 Å². The number of carbonyl (C=O) groups is 2. The topological polar surface area (TPSA) is 119 Å². The molecule has 0 radical (unpaired) electrons. The number of nitrogens with one attached hydrogen (secondary N) is 1. The Kier molecular flexibility index (Phi) is 7.19. The van der Waals surface area contributed by atoms with Gasteiger partial charge in [0.05, 0.1) is 27.1 Å². The van der Waals surface area contributed by atoms with E-state index in [9.17, 15) is 24.8 Å². The molecule has 0 saturated heterocycles. The van der Waals surface area contributed by atoms with Crippen LogP contribution in [-0.4, -0.2) is 34.6 Å². The van der Waals surface area contributed by atoms with Gasteiger partial charge >= 0.3 is 11.7 Å². The third-order valence-electron chi connectivity index (χ3n) is 3.74. The molecule has 0 aliphatic heterocycles. The molecule has 28 heavy (non-hydrogen) atoms. The molecule has 0 heterocycles. The molecule has 0 saturated carbocycles. The molecule has 2 rings (SSSR count). The molecule has 0 aromatic heterocycles. The van der Waals surface area contributed by atoms with Crippen LogP contribution < -0.4 is 5.32 Å². The SMILES string of the molecule is CCOC(=O)[C@H](Cc1ccc(O)c([N+](=O)[O-])c1)NC(=O)c1c(Cl)cccc1Cl. The molecule has 1 atom stereocenters. The average Bonchev–Trinajstić information content (AvgIpc) is 2.62. The minimum absolute atomic E-state index is 0.00295. The van der Waals surface area contributed by atoms with E-state index in [-0.39, 0.29) is 28.6 Å². The molecular formula is C18H16Cl2N2O6. The Hall–Kier alpha value is -2.84. The summed E-state index contributed by atoms with van der Waals surface area (Å²) in [5, 5.41) is 23.3. The highest BCUT2D eigenvalue weighted by Gasteiger charge is 2.26. The Morgan fingerprint density at radius 3 is 2.46 bits per heavy atom. The summed E-state index contributed by atoms with van der Waals surface area (Å²) in [5.74, 6) is -1.93. The van der Waals surface area contributed by atoms with Crippen LogP contribution in [0.3, 0.4) is 0 Å². The summed E-state index contributed by atoms with van der Waals surface area (Å²) in [6, 6.07) is 7.04. The molecule has 2 N–H and O–H groups in total. The summed E-state index contributed by atoms with van der Waals surface area (Å²) in [6.07, 6.45) is -0.103. The van der Waals surface area contributed by atoms with Crippen molar-refractivity contribution in [3.63, 3.8) is 0 Å². The summed E-state index contributed by atoms with van der Waals surface area (Å²) < 4.78 is 4.97. The van der Waals surface area contributed by atoms with Crippen molar-refractivity contribution < 1.29 is 24.4 Å². The molecule has 2 aromatic carbocycles. The molecule has 0 fully saturated rings. The minimum atomic E-state index is -1.15.